The number of benzene rings is 1. The molecule has 1 heterocycles. The van der Waals surface area contributed by atoms with Gasteiger partial charge in [0.05, 0.1) is 6.54 Å². The summed E-state index contributed by atoms with van der Waals surface area (Å²) in [5, 5.41) is 2.87. The average Bonchev–Trinajstić information content (AvgIpc) is 2.75. The van der Waals surface area contributed by atoms with Gasteiger partial charge in [-0.05, 0) is 24.6 Å². The fourth-order valence-electron chi connectivity index (χ4n) is 1.67. The van der Waals surface area contributed by atoms with Gasteiger partial charge in [-0.1, -0.05) is 22.0 Å². The second-order valence-corrected chi connectivity index (χ2v) is 4.90. The number of carbonyl (C=O) groups excluding carboxylic acids is 1. The zero-order valence-corrected chi connectivity index (χ0v) is 11.9. The standard InChI is InChI=1S/C13H14BrN3O/c1-9-10(4-3-5-11(9)14)13(18)16-8-12-15-6-7-17(12)2/h3-7H,8H2,1-2H3,(H,16,18). The number of imidazole rings is 1. The van der Waals surface area contributed by atoms with E-state index in [1.165, 1.54) is 0 Å². The second-order valence-electron chi connectivity index (χ2n) is 4.05. The van der Waals surface area contributed by atoms with Gasteiger partial charge in [-0.2, -0.15) is 0 Å². The van der Waals surface area contributed by atoms with E-state index in [9.17, 15) is 4.79 Å². The average molecular weight is 308 g/mol. The summed E-state index contributed by atoms with van der Waals surface area (Å²) in [4.78, 5) is 16.2. The van der Waals surface area contributed by atoms with Crippen LogP contribution in [-0.4, -0.2) is 15.5 Å². The van der Waals surface area contributed by atoms with Crippen molar-refractivity contribution in [2.75, 3.05) is 0 Å². The van der Waals surface area contributed by atoms with Crippen LogP contribution in [-0.2, 0) is 13.6 Å². The van der Waals surface area contributed by atoms with Crippen molar-refractivity contribution in [3.63, 3.8) is 0 Å². The number of hydrogen-bond donors (Lipinski definition) is 1. The van der Waals surface area contributed by atoms with Gasteiger partial charge in [0.15, 0.2) is 0 Å². The SMILES string of the molecule is Cc1c(Br)cccc1C(=O)NCc1nccn1C. The van der Waals surface area contributed by atoms with Gasteiger partial charge in [0.1, 0.15) is 5.82 Å². The Balaban J connectivity index is 2.09. The lowest BCUT2D eigenvalue weighted by molar-refractivity contribution is 0.0949. The van der Waals surface area contributed by atoms with E-state index >= 15 is 0 Å². The molecule has 1 aromatic heterocycles. The summed E-state index contributed by atoms with van der Waals surface area (Å²) >= 11 is 3.42. The van der Waals surface area contributed by atoms with Crippen LogP contribution in [0.15, 0.2) is 35.1 Å². The van der Waals surface area contributed by atoms with Crippen LogP contribution in [0.5, 0.6) is 0 Å². The fraction of sp³-hybridized carbons (Fsp3) is 0.231. The van der Waals surface area contributed by atoms with Crippen molar-refractivity contribution < 1.29 is 4.79 Å². The maximum Gasteiger partial charge on any atom is 0.251 e. The maximum atomic E-state index is 12.1. The Bertz CT molecular complexity index is 577. The van der Waals surface area contributed by atoms with Crippen LogP contribution in [0.2, 0.25) is 0 Å². The minimum Gasteiger partial charge on any atom is -0.345 e. The molecule has 1 N–H and O–H groups in total. The molecule has 2 aromatic rings. The summed E-state index contributed by atoms with van der Waals surface area (Å²) in [5.41, 5.74) is 1.62. The molecule has 94 valence electrons. The first-order chi connectivity index (χ1) is 8.59. The van der Waals surface area contributed by atoms with Crippen molar-refractivity contribution in [1.82, 2.24) is 14.9 Å². The number of aromatic nitrogens is 2. The highest BCUT2D eigenvalue weighted by Crippen LogP contribution is 2.19. The van der Waals surface area contributed by atoms with Gasteiger partial charge in [-0.25, -0.2) is 4.98 Å². The molecule has 0 fully saturated rings. The molecule has 0 spiro atoms. The molecule has 1 aromatic carbocycles. The van der Waals surface area contributed by atoms with E-state index in [1.54, 1.807) is 6.20 Å². The lowest BCUT2D eigenvalue weighted by atomic mass is 10.1. The molecule has 0 aliphatic heterocycles. The second kappa shape index (κ2) is 5.35. The zero-order valence-electron chi connectivity index (χ0n) is 10.3. The molecule has 18 heavy (non-hydrogen) atoms. The predicted molar refractivity (Wildman–Crippen MR) is 73.3 cm³/mol. The molecule has 0 radical (unpaired) electrons. The van der Waals surface area contributed by atoms with Gasteiger partial charge in [0.25, 0.3) is 5.91 Å². The molecule has 1 amide bonds. The summed E-state index contributed by atoms with van der Waals surface area (Å²) in [5.74, 6) is 0.743. The Kier molecular flexibility index (Phi) is 3.81. The van der Waals surface area contributed by atoms with Crippen LogP contribution in [0.1, 0.15) is 21.7 Å². The first kappa shape index (κ1) is 12.8. The fourth-order valence-corrected chi connectivity index (χ4v) is 2.04. The van der Waals surface area contributed by atoms with E-state index in [-0.39, 0.29) is 5.91 Å². The number of hydrogen-bond acceptors (Lipinski definition) is 2. The molecule has 0 atom stereocenters. The first-order valence-electron chi connectivity index (χ1n) is 5.59. The zero-order chi connectivity index (χ0) is 13.1. The van der Waals surface area contributed by atoms with Crippen LogP contribution in [0.4, 0.5) is 0 Å². The maximum absolute atomic E-state index is 12.1. The van der Waals surface area contributed by atoms with E-state index in [4.69, 9.17) is 0 Å². The summed E-state index contributed by atoms with van der Waals surface area (Å²) in [6, 6.07) is 5.59. The third-order valence-electron chi connectivity index (χ3n) is 2.84. The number of rotatable bonds is 3. The first-order valence-corrected chi connectivity index (χ1v) is 6.38. The van der Waals surface area contributed by atoms with Crippen LogP contribution in [0.25, 0.3) is 0 Å². The van der Waals surface area contributed by atoms with Gasteiger partial charge in [-0.15, -0.1) is 0 Å². The summed E-state index contributed by atoms with van der Waals surface area (Å²) < 4.78 is 2.82. The lowest BCUT2D eigenvalue weighted by Gasteiger charge is -2.08. The van der Waals surface area contributed by atoms with Crippen LogP contribution in [0.3, 0.4) is 0 Å². The highest BCUT2D eigenvalue weighted by atomic mass is 79.9. The van der Waals surface area contributed by atoms with Gasteiger partial charge in [0, 0.05) is 29.5 Å². The number of halogens is 1. The molecule has 0 aliphatic carbocycles. The van der Waals surface area contributed by atoms with Crippen molar-refractivity contribution in [3.05, 3.63) is 52.0 Å². The van der Waals surface area contributed by atoms with E-state index in [0.717, 1.165) is 15.9 Å². The van der Waals surface area contributed by atoms with Gasteiger partial charge in [0.2, 0.25) is 0 Å². The van der Waals surface area contributed by atoms with Crippen LogP contribution in [0, 0.1) is 6.92 Å². The Morgan fingerprint density at radius 3 is 2.94 bits per heavy atom. The molecule has 0 bridgehead atoms. The summed E-state index contributed by atoms with van der Waals surface area (Å²) in [6.07, 6.45) is 3.57. The van der Waals surface area contributed by atoms with Gasteiger partial charge < -0.3 is 9.88 Å². The predicted octanol–water partition coefficient (Wildman–Crippen LogP) is 2.42. The monoisotopic (exact) mass is 307 g/mol. The van der Waals surface area contributed by atoms with E-state index in [2.05, 4.69) is 26.2 Å². The van der Waals surface area contributed by atoms with Crippen molar-refractivity contribution in [1.29, 1.82) is 0 Å². The van der Waals surface area contributed by atoms with Gasteiger partial charge >= 0.3 is 0 Å². The molecule has 0 unspecified atom stereocenters. The molecule has 2 rings (SSSR count). The normalized spacial score (nSPS) is 10.4. The lowest BCUT2D eigenvalue weighted by Crippen LogP contribution is -2.25. The molecule has 0 saturated heterocycles. The Hall–Kier alpha value is -1.62. The molecule has 0 saturated carbocycles. The quantitative estimate of drug-likeness (QED) is 0.946. The highest BCUT2D eigenvalue weighted by molar-refractivity contribution is 9.10. The summed E-state index contributed by atoms with van der Waals surface area (Å²) in [7, 11) is 1.90. The molecular formula is C13H14BrN3O. The Morgan fingerprint density at radius 2 is 2.28 bits per heavy atom. The Labute approximate surface area is 114 Å². The Morgan fingerprint density at radius 1 is 1.50 bits per heavy atom. The molecule has 4 nitrogen and oxygen atoms in total. The highest BCUT2D eigenvalue weighted by Gasteiger charge is 2.11. The van der Waals surface area contributed by atoms with Gasteiger partial charge in [-0.3, -0.25) is 4.79 Å². The van der Waals surface area contributed by atoms with E-state index in [1.807, 2.05) is 42.9 Å². The van der Waals surface area contributed by atoms with Crippen molar-refractivity contribution in [3.8, 4) is 0 Å². The van der Waals surface area contributed by atoms with Crippen molar-refractivity contribution >= 4 is 21.8 Å². The van der Waals surface area contributed by atoms with Crippen molar-refractivity contribution in [2.45, 2.75) is 13.5 Å². The van der Waals surface area contributed by atoms with Crippen LogP contribution >= 0.6 is 15.9 Å². The van der Waals surface area contributed by atoms with Crippen LogP contribution < -0.4 is 5.32 Å². The number of amides is 1. The number of nitrogens with zero attached hydrogens (tertiary/aromatic N) is 2. The topological polar surface area (TPSA) is 46.9 Å². The summed E-state index contributed by atoms with van der Waals surface area (Å²) in [6.45, 7) is 2.34. The number of nitrogens with one attached hydrogen (secondary N) is 1. The minimum atomic E-state index is -0.0863. The minimum absolute atomic E-state index is 0.0863. The molecule has 5 heteroatoms. The molecule has 0 aliphatic rings. The van der Waals surface area contributed by atoms with E-state index in [0.29, 0.717) is 12.1 Å². The smallest absolute Gasteiger partial charge is 0.251 e. The number of aryl methyl sites for hydroxylation is 1. The van der Waals surface area contributed by atoms with Crippen molar-refractivity contribution in [2.24, 2.45) is 7.05 Å². The third-order valence-corrected chi connectivity index (χ3v) is 3.70. The largest absolute Gasteiger partial charge is 0.345 e. The number of carbonyl (C=O) groups is 1. The molecular weight excluding hydrogens is 294 g/mol. The van der Waals surface area contributed by atoms with E-state index < -0.39 is 0 Å². The third kappa shape index (κ3) is 2.61.